The highest BCUT2D eigenvalue weighted by Gasteiger charge is 2.38. The van der Waals surface area contributed by atoms with Crippen LogP contribution in [0, 0.1) is 17.6 Å². The van der Waals surface area contributed by atoms with Crippen molar-refractivity contribution in [3.63, 3.8) is 0 Å². The zero-order valence-electron chi connectivity index (χ0n) is 21.0. The SMILES string of the molecule is CC(C)[C@H](Nc1nc(-c2cc(-c3ccon3)n(Cc3ccccc3F)n2)ncc1F)C(=O)NS(=O)(=O)C1CC1. The summed E-state index contributed by atoms with van der Waals surface area (Å²) in [5.74, 6) is -2.75. The Morgan fingerprint density at radius 1 is 1.15 bits per heavy atom. The molecule has 5 rings (SSSR count). The Hall–Kier alpha value is -4.20. The number of carbonyl (C=O) groups is 1. The number of anilines is 1. The number of rotatable bonds is 10. The molecule has 0 bridgehead atoms. The number of benzene rings is 1. The lowest BCUT2D eigenvalue weighted by molar-refractivity contribution is -0.120. The number of amides is 1. The number of halogens is 2. The summed E-state index contributed by atoms with van der Waals surface area (Å²) in [6.45, 7) is 3.44. The monoisotopic (exact) mass is 557 g/mol. The van der Waals surface area contributed by atoms with E-state index >= 15 is 0 Å². The first-order chi connectivity index (χ1) is 18.6. The van der Waals surface area contributed by atoms with E-state index in [-0.39, 0.29) is 23.9 Å². The first-order valence-electron chi connectivity index (χ1n) is 12.2. The van der Waals surface area contributed by atoms with E-state index in [0.717, 1.165) is 6.20 Å². The molecule has 0 aliphatic heterocycles. The van der Waals surface area contributed by atoms with E-state index in [2.05, 4.69) is 30.3 Å². The third-order valence-corrected chi connectivity index (χ3v) is 8.01. The fraction of sp³-hybridized carbons (Fsp3) is 0.320. The molecule has 2 N–H and O–H groups in total. The van der Waals surface area contributed by atoms with Gasteiger partial charge in [-0.1, -0.05) is 37.2 Å². The molecule has 204 valence electrons. The normalized spacial score (nSPS) is 14.4. The number of hydrogen-bond acceptors (Lipinski definition) is 9. The number of nitrogens with zero attached hydrogens (tertiary/aromatic N) is 5. The van der Waals surface area contributed by atoms with Crippen molar-refractivity contribution < 1.29 is 26.5 Å². The van der Waals surface area contributed by atoms with Crippen LogP contribution in [-0.2, 0) is 21.4 Å². The second kappa shape index (κ2) is 10.5. The summed E-state index contributed by atoms with van der Waals surface area (Å²) in [5.41, 5.74) is 1.52. The van der Waals surface area contributed by atoms with Crippen molar-refractivity contribution in [2.75, 3.05) is 5.32 Å². The highest BCUT2D eigenvalue weighted by Crippen LogP contribution is 2.28. The van der Waals surface area contributed by atoms with Crippen LogP contribution in [0.15, 0.2) is 53.4 Å². The van der Waals surface area contributed by atoms with Gasteiger partial charge in [-0.25, -0.2) is 27.2 Å². The van der Waals surface area contributed by atoms with Crippen LogP contribution in [0.1, 0.15) is 32.3 Å². The lowest BCUT2D eigenvalue weighted by Gasteiger charge is -2.22. The van der Waals surface area contributed by atoms with E-state index in [4.69, 9.17) is 4.52 Å². The topological polar surface area (TPSA) is 145 Å². The molecule has 1 aromatic carbocycles. The zero-order chi connectivity index (χ0) is 27.7. The molecule has 3 heterocycles. The molecule has 4 aromatic rings. The number of carbonyl (C=O) groups excluding carboxylic acids is 1. The minimum Gasteiger partial charge on any atom is -0.364 e. The van der Waals surface area contributed by atoms with Gasteiger partial charge >= 0.3 is 0 Å². The predicted molar refractivity (Wildman–Crippen MR) is 137 cm³/mol. The Labute approximate surface area is 222 Å². The molecular weight excluding hydrogens is 532 g/mol. The molecular formula is C25H25F2N7O4S. The lowest BCUT2D eigenvalue weighted by atomic mass is 10.0. The molecule has 1 saturated carbocycles. The fourth-order valence-corrected chi connectivity index (χ4v) is 5.26. The maximum Gasteiger partial charge on any atom is 0.256 e. The van der Waals surface area contributed by atoms with Gasteiger partial charge in [0, 0.05) is 11.6 Å². The summed E-state index contributed by atoms with van der Waals surface area (Å²) in [4.78, 5) is 21.1. The lowest BCUT2D eigenvalue weighted by Crippen LogP contribution is -2.46. The van der Waals surface area contributed by atoms with Crippen molar-refractivity contribution in [3.05, 3.63) is 66.1 Å². The van der Waals surface area contributed by atoms with Gasteiger partial charge in [0.1, 0.15) is 29.5 Å². The molecule has 39 heavy (non-hydrogen) atoms. The van der Waals surface area contributed by atoms with E-state index in [0.29, 0.717) is 29.8 Å². The van der Waals surface area contributed by atoms with Gasteiger partial charge in [-0.2, -0.15) is 5.10 Å². The molecule has 0 radical (unpaired) electrons. The van der Waals surface area contributed by atoms with Crippen LogP contribution in [0.25, 0.3) is 22.9 Å². The Bertz CT molecular complexity index is 1600. The Kier molecular flexibility index (Phi) is 7.12. The Morgan fingerprint density at radius 3 is 2.59 bits per heavy atom. The average Bonchev–Trinajstić information content (AvgIpc) is 3.47. The second-order valence-corrected chi connectivity index (χ2v) is 11.5. The number of sulfonamides is 1. The van der Waals surface area contributed by atoms with Crippen LogP contribution in [0.3, 0.4) is 0 Å². The Morgan fingerprint density at radius 2 is 1.92 bits per heavy atom. The first kappa shape index (κ1) is 26.4. The van der Waals surface area contributed by atoms with Crippen molar-refractivity contribution in [3.8, 4) is 22.9 Å². The van der Waals surface area contributed by atoms with Crippen molar-refractivity contribution >= 4 is 21.7 Å². The van der Waals surface area contributed by atoms with Gasteiger partial charge in [-0.3, -0.25) is 14.2 Å². The molecule has 3 aromatic heterocycles. The van der Waals surface area contributed by atoms with Crippen molar-refractivity contribution in [2.45, 2.75) is 44.5 Å². The van der Waals surface area contributed by atoms with Crippen LogP contribution in [-0.4, -0.2) is 50.5 Å². The van der Waals surface area contributed by atoms with Crippen LogP contribution >= 0.6 is 0 Å². The van der Waals surface area contributed by atoms with Gasteiger partial charge in [-0.15, -0.1) is 0 Å². The van der Waals surface area contributed by atoms with E-state index in [9.17, 15) is 22.0 Å². The third-order valence-electron chi connectivity index (χ3n) is 6.18. The molecule has 0 spiro atoms. The molecule has 1 amide bonds. The summed E-state index contributed by atoms with van der Waals surface area (Å²) in [6, 6.07) is 8.37. The highest BCUT2D eigenvalue weighted by atomic mass is 32.2. The van der Waals surface area contributed by atoms with Crippen LogP contribution in [0.2, 0.25) is 0 Å². The second-order valence-electron chi connectivity index (χ2n) is 9.52. The van der Waals surface area contributed by atoms with Gasteiger partial charge in [0.25, 0.3) is 5.91 Å². The van der Waals surface area contributed by atoms with E-state index < -0.39 is 44.8 Å². The van der Waals surface area contributed by atoms with Gasteiger partial charge in [0.05, 0.1) is 23.7 Å². The minimum atomic E-state index is -3.79. The molecule has 14 heteroatoms. The summed E-state index contributed by atoms with van der Waals surface area (Å²) in [5, 5.41) is 10.6. The van der Waals surface area contributed by atoms with Crippen LogP contribution < -0.4 is 10.0 Å². The minimum absolute atomic E-state index is 0.0180. The predicted octanol–water partition coefficient (Wildman–Crippen LogP) is 3.37. The van der Waals surface area contributed by atoms with Crippen molar-refractivity contribution in [1.82, 2.24) is 29.6 Å². The largest absolute Gasteiger partial charge is 0.364 e. The van der Waals surface area contributed by atoms with Crippen LogP contribution in [0.4, 0.5) is 14.6 Å². The standard InChI is InChI=1S/C25H25F2N7O4S/c1-14(2)22(25(35)33-39(36,37)16-7-8-16)29-23-18(27)12-28-24(30-23)20-11-21(19-9-10-38-32-19)34(31-20)13-15-5-3-4-6-17(15)26/h3-6,9-12,14,16,22H,7-8,13H2,1-2H3,(H,33,35)(H,28,29,30)/t22-/m0/s1. The van der Waals surface area contributed by atoms with E-state index in [1.54, 1.807) is 44.2 Å². The number of nitrogens with one attached hydrogen (secondary N) is 2. The molecule has 1 aliphatic rings. The van der Waals surface area contributed by atoms with Crippen molar-refractivity contribution in [1.29, 1.82) is 0 Å². The van der Waals surface area contributed by atoms with Crippen LogP contribution in [0.5, 0.6) is 0 Å². The first-order valence-corrected chi connectivity index (χ1v) is 13.7. The molecule has 11 nitrogen and oxygen atoms in total. The van der Waals surface area contributed by atoms with E-state index in [1.807, 2.05) is 0 Å². The van der Waals surface area contributed by atoms with Gasteiger partial charge in [0.2, 0.25) is 10.0 Å². The maximum absolute atomic E-state index is 14.8. The molecule has 0 unspecified atom stereocenters. The zero-order valence-corrected chi connectivity index (χ0v) is 21.8. The summed E-state index contributed by atoms with van der Waals surface area (Å²) in [7, 11) is -3.79. The average molecular weight is 558 g/mol. The fourth-order valence-electron chi connectivity index (χ4n) is 3.92. The smallest absolute Gasteiger partial charge is 0.256 e. The quantitative estimate of drug-likeness (QED) is 0.300. The van der Waals surface area contributed by atoms with Gasteiger partial charge in [0.15, 0.2) is 17.5 Å². The Balaban J connectivity index is 1.45. The van der Waals surface area contributed by atoms with Gasteiger partial charge in [-0.05, 0) is 30.9 Å². The number of hydrogen-bond donors (Lipinski definition) is 2. The van der Waals surface area contributed by atoms with Crippen molar-refractivity contribution in [2.24, 2.45) is 5.92 Å². The molecule has 1 aliphatic carbocycles. The summed E-state index contributed by atoms with van der Waals surface area (Å²) < 4.78 is 62.2. The summed E-state index contributed by atoms with van der Waals surface area (Å²) >= 11 is 0. The van der Waals surface area contributed by atoms with E-state index in [1.165, 1.54) is 17.0 Å². The highest BCUT2D eigenvalue weighted by molar-refractivity contribution is 7.90. The van der Waals surface area contributed by atoms with Gasteiger partial charge < -0.3 is 9.84 Å². The molecule has 0 saturated heterocycles. The summed E-state index contributed by atoms with van der Waals surface area (Å²) in [6.07, 6.45) is 3.29. The number of aromatic nitrogens is 5. The molecule has 1 atom stereocenters. The molecule has 1 fully saturated rings. The maximum atomic E-state index is 14.8. The third kappa shape index (κ3) is 5.79.